The third-order valence-electron chi connectivity index (χ3n) is 3.19. The molecule has 1 aromatic carbocycles. The van der Waals surface area contributed by atoms with E-state index < -0.39 is 0 Å². The average molecular weight is 332 g/mol. The second-order valence-corrected chi connectivity index (χ2v) is 5.39. The molecule has 23 heavy (non-hydrogen) atoms. The van der Waals surface area contributed by atoms with Crippen LogP contribution in [0.3, 0.4) is 0 Å². The smallest absolute Gasteiger partial charge is 0.244 e. The molecule has 0 aliphatic carbocycles. The Balaban J connectivity index is 1.62. The molecule has 1 N–H and O–H groups in total. The molecule has 3 rings (SSSR count). The van der Waals surface area contributed by atoms with Gasteiger partial charge in [0.15, 0.2) is 0 Å². The summed E-state index contributed by atoms with van der Waals surface area (Å²) in [6.45, 7) is 1.82. The van der Waals surface area contributed by atoms with Gasteiger partial charge in [0.1, 0.15) is 12.3 Å². The summed E-state index contributed by atoms with van der Waals surface area (Å²) in [5.41, 5.74) is 0.782. The number of nitrogens with one attached hydrogen (secondary N) is 1. The van der Waals surface area contributed by atoms with Gasteiger partial charge in [-0.25, -0.2) is 0 Å². The van der Waals surface area contributed by atoms with E-state index in [-0.39, 0.29) is 18.5 Å². The van der Waals surface area contributed by atoms with Crippen LogP contribution < -0.4 is 5.32 Å². The average Bonchev–Trinajstić information content (AvgIpc) is 3.19. The zero-order valence-electron chi connectivity index (χ0n) is 12.3. The summed E-state index contributed by atoms with van der Waals surface area (Å²) in [5.74, 6) is 0.897. The van der Waals surface area contributed by atoms with Gasteiger partial charge in [-0.3, -0.25) is 4.79 Å². The standard InChI is InChI=1S/C15H14ClN5O2/c1-10(13-3-2-8-23-13)17-14(22)9-21-19-15(18-20-21)11-4-6-12(16)7-5-11/h2-8,10H,9H2,1H3,(H,17,22). The Bertz CT molecular complexity index is 783. The fraction of sp³-hybridized carbons (Fsp3) is 0.200. The van der Waals surface area contributed by atoms with Crippen LogP contribution in [0.1, 0.15) is 18.7 Å². The van der Waals surface area contributed by atoms with Crippen molar-refractivity contribution in [1.82, 2.24) is 25.5 Å². The molecule has 0 spiro atoms. The molecule has 0 saturated carbocycles. The van der Waals surface area contributed by atoms with Crippen molar-refractivity contribution in [2.45, 2.75) is 19.5 Å². The monoisotopic (exact) mass is 331 g/mol. The van der Waals surface area contributed by atoms with E-state index in [1.807, 2.05) is 6.92 Å². The van der Waals surface area contributed by atoms with Gasteiger partial charge in [-0.1, -0.05) is 11.6 Å². The van der Waals surface area contributed by atoms with Crippen molar-refractivity contribution < 1.29 is 9.21 Å². The fourth-order valence-corrected chi connectivity index (χ4v) is 2.18. The van der Waals surface area contributed by atoms with E-state index in [0.29, 0.717) is 16.6 Å². The van der Waals surface area contributed by atoms with E-state index in [1.54, 1.807) is 42.7 Å². The lowest BCUT2D eigenvalue weighted by molar-refractivity contribution is -0.122. The molecule has 0 aliphatic heterocycles. The Kier molecular flexibility index (Phi) is 4.38. The molecule has 2 aromatic heterocycles. The summed E-state index contributed by atoms with van der Waals surface area (Å²) in [4.78, 5) is 13.3. The molecule has 0 fully saturated rings. The van der Waals surface area contributed by atoms with Crippen molar-refractivity contribution in [2.24, 2.45) is 0 Å². The number of amides is 1. The van der Waals surface area contributed by atoms with Gasteiger partial charge in [-0.15, -0.1) is 10.2 Å². The zero-order chi connectivity index (χ0) is 16.2. The maximum Gasteiger partial charge on any atom is 0.244 e. The molecule has 2 heterocycles. The number of aromatic nitrogens is 4. The number of nitrogens with zero attached hydrogens (tertiary/aromatic N) is 4. The van der Waals surface area contributed by atoms with Gasteiger partial charge in [-0.2, -0.15) is 4.80 Å². The lowest BCUT2D eigenvalue weighted by atomic mass is 10.2. The number of furan rings is 1. The predicted molar refractivity (Wildman–Crippen MR) is 83.5 cm³/mol. The van der Waals surface area contributed by atoms with Crippen molar-refractivity contribution in [1.29, 1.82) is 0 Å². The van der Waals surface area contributed by atoms with E-state index in [4.69, 9.17) is 16.0 Å². The molecule has 0 aliphatic rings. The molecule has 118 valence electrons. The fourth-order valence-electron chi connectivity index (χ4n) is 2.05. The summed E-state index contributed by atoms with van der Waals surface area (Å²) in [7, 11) is 0. The first-order valence-electron chi connectivity index (χ1n) is 6.98. The Morgan fingerprint density at radius 2 is 2.13 bits per heavy atom. The lowest BCUT2D eigenvalue weighted by Gasteiger charge is -2.10. The quantitative estimate of drug-likeness (QED) is 0.776. The highest BCUT2D eigenvalue weighted by Gasteiger charge is 2.14. The van der Waals surface area contributed by atoms with E-state index in [9.17, 15) is 4.79 Å². The van der Waals surface area contributed by atoms with E-state index in [2.05, 4.69) is 20.7 Å². The second kappa shape index (κ2) is 6.62. The summed E-state index contributed by atoms with van der Waals surface area (Å²) < 4.78 is 5.24. The molecular formula is C15H14ClN5O2. The van der Waals surface area contributed by atoms with Gasteiger partial charge in [0.05, 0.1) is 12.3 Å². The van der Waals surface area contributed by atoms with Crippen LogP contribution in [-0.2, 0) is 11.3 Å². The van der Waals surface area contributed by atoms with Gasteiger partial charge in [0.2, 0.25) is 11.7 Å². The number of carbonyl (C=O) groups excluding carboxylic acids is 1. The molecule has 1 unspecified atom stereocenters. The Morgan fingerprint density at radius 3 is 2.83 bits per heavy atom. The highest BCUT2D eigenvalue weighted by molar-refractivity contribution is 6.30. The zero-order valence-corrected chi connectivity index (χ0v) is 13.1. The van der Waals surface area contributed by atoms with Gasteiger partial charge in [0.25, 0.3) is 0 Å². The molecule has 7 nitrogen and oxygen atoms in total. The molecule has 3 aromatic rings. The summed E-state index contributed by atoms with van der Waals surface area (Å²) in [6.07, 6.45) is 1.56. The highest BCUT2D eigenvalue weighted by Crippen LogP contribution is 2.17. The maximum atomic E-state index is 12.0. The van der Waals surface area contributed by atoms with Crippen LogP contribution in [0.25, 0.3) is 11.4 Å². The number of carbonyl (C=O) groups is 1. The van der Waals surface area contributed by atoms with Crippen LogP contribution in [0, 0.1) is 0 Å². The third-order valence-corrected chi connectivity index (χ3v) is 3.44. The Labute approximate surface area is 137 Å². The maximum absolute atomic E-state index is 12.0. The molecule has 1 amide bonds. The first-order chi connectivity index (χ1) is 11.1. The van der Waals surface area contributed by atoms with Crippen LogP contribution in [0.4, 0.5) is 0 Å². The minimum Gasteiger partial charge on any atom is -0.467 e. The largest absolute Gasteiger partial charge is 0.467 e. The van der Waals surface area contributed by atoms with Gasteiger partial charge in [0, 0.05) is 10.6 Å². The van der Waals surface area contributed by atoms with Crippen LogP contribution in [-0.4, -0.2) is 26.1 Å². The molecule has 1 atom stereocenters. The molecule has 0 radical (unpaired) electrons. The topological polar surface area (TPSA) is 85.8 Å². The van der Waals surface area contributed by atoms with Crippen LogP contribution >= 0.6 is 11.6 Å². The Morgan fingerprint density at radius 1 is 1.35 bits per heavy atom. The molecule has 0 bridgehead atoms. The van der Waals surface area contributed by atoms with Gasteiger partial charge >= 0.3 is 0 Å². The van der Waals surface area contributed by atoms with Crippen LogP contribution in [0.5, 0.6) is 0 Å². The number of benzene rings is 1. The van der Waals surface area contributed by atoms with Gasteiger partial charge < -0.3 is 9.73 Å². The van der Waals surface area contributed by atoms with E-state index in [1.165, 1.54) is 4.80 Å². The minimum atomic E-state index is -0.228. The van der Waals surface area contributed by atoms with Crippen molar-refractivity contribution in [3.63, 3.8) is 0 Å². The number of halogens is 1. The number of hydrogen-bond donors (Lipinski definition) is 1. The third kappa shape index (κ3) is 3.75. The Hall–Kier alpha value is -2.67. The van der Waals surface area contributed by atoms with Crippen molar-refractivity contribution in [2.75, 3.05) is 0 Å². The van der Waals surface area contributed by atoms with E-state index in [0.717, 1.165) is 5.56 Å². The summed E-state index contributed by atoms with van der Waals surface area (Å²) in [6, 6.07) is 10.4. The molecular weight excluding hydrogens is 318 g/mol. The SMILES string of the molecule is CC(NC(=O)Cn1nnc(-c2ccc(Cl)cc2)n1)c1ccco1. The van der Waals surface area contributed by atoms with Crippen molar-refractivity contribution >= 4 is 17.5 Å². The number of hydrogen-bond acceptors (Lipinski definition) is 5. The normalized spacial score (nSPS) is 12.1. The van der Waals surface area contributed by atoms with Crippen LogP contribution in [0.15, 0.2) is 47.1 Å². The summed E-state index contributed by atoms with van der Waals surface area (Å²) in [5, 5.41) is 15.4. The van der Waals surface area contributed by atoms with Crippen molar-refractivity contribution in [3.05, 3.63) is 53.4 Å². The summed E-state index contributed by atoms with van der Waals surface area (Å²) >= 11 is 5.84. The minimum absolute atomic E-state index is 0.0222. The van der Waals surface area contributed by atoms with Crippen LogP contribution in [0.2, 0.25) is 5.02 Å². The lowest BCUT2D eigenvalue weighted by Crippen LogP contribution is -2.30. The first kappa shape index (κ1) is 15.2. The van der Waals surface area contributed by atoms with Crippen molar-refractivity contribution in [3.8, 4) is 11.4 Å². The highest BCUT2D eigenvalue weighted by atomic mass is 35.5. The molecule has 0 saturated heterocycles. The number of rotatable bonds is 5. The molecule has 8 heteroatoms. The second-order valence-electron chi connectivity index (χ2n) is 4.95. The van der Waals surface area contributed by atoms with Gasteiger partial charge in [-0.05, 0) is 48.5 Å². The number of tetrazole rings is 1. The van der Waals surface area contributed by atoms with E-state index >= 15 is 0 Å². The predicted octanol–water partition coefficient (Wildman–Crippen LogP) is 2.46. The first-order valence-corrected chi connectivity index (χ1v) is 7.36.